The van der Waals surface area contributed by atoms with Crippen LogP contribution in [0.25, 0.3) is 0 Å². The van der Waals surface area contributed by atoms with Crippen molar-refractivity contribution in [3.8, 4) is 0 Å². The van der Waals surface area contributed by atoms with Gasteiger partial charge in [0.1, 0.15) is 0 Å². The molecule has 14 heavy (non-hydrogen) atoms. The van der Waals surface area contributed by atoms with Crippen LogP contribution in [0.4, 0.5) is 0 Å². The minimum atomic E-state index is 0. The van der Waals surface area contributed by atoms with Crippen molar-refractivity contribution in [1.82, 2.24) is 10.6 Å². The number of rotatable bonds is 3. The zero-order valence-corrected chi connectivity index (χ0v) is 9.62. The summed E-state index contributed by atoms with van der Waals surface area (Å²) in [6, 6.07) is 0.468. The molecule has 0 bridgehead atoms. The molecule has 3 nitrogen and oxygen atoms in total. The third kappa shape index (κ3) is 2.39. The number of hydrogen-bond acceptors (Lipinski definition) is 2. The highest BCUT2D eigenvalue weighted by molar-refractivity contribution is 5.85. The Morgan fingerprint density at radius 3 is 2.50 bits per heavy atom. The molecule has 0 aromatic rings. The molecular formula is C10H19ClN2O. The van der Waals surface area contributed by atoms with E-state index in [0.29, 0.717) is 17.4 Å². The van der Waals surface area contributed by atoms with E-state index in [1.807, 2.05) is 0 Å². The maximum absolute atomic E-state index is 11.3. The fourth-order valence-electron chi connectivity index (χ4n) is 1.70. The number of carbonyl (C=O) groups is 1. The van der Waals surface area contributed by atoms with Crippen LogP contribution >= 0.6 is 12.4 Å². The molecule has 1 aliphatic heterocycles. The fraction of sp³-hybridized carbons (Fsp3) is 0.900. The van der Waals surface area contributed by atoms with Gasteiger partial charge in [-0.2, -0.15) is 0 Å². The van der Waals surface area contributed by atoms with Gasteiger partial charge in [-0.15, -0.1) is 12.4 Å². The molecule has 1 amide bonds. The van der Waals surface area contributed by atoms with Crippen LogP contribution in [0.1, 0.15) is 26.7 Å². The van der Waals surface area contributed by atoms with Gasteiger partial charge < -0.3 is 10.6 Å². The van der Waals surface area contributed by atoms with Gasteiger partial charge in [-0.05, 0) is 18.3 Å². The van der Waals surface area contributed by atoms with Crippen LogP contribution in [0.3, 0.4) is 0 Å². The van der Waals surface area contributed by atoms with E-state index >= 15 is 0 Å². The molecule has 2 aliphatic rings. The third-order valence-electron chi connectivity index (χ3n) is 3.18. The number of nitrogens with one attached hydrogen (secondary N) is 2. The molecule has 1 saturated heterocycles. The first-order valence-electron chi connectivity index (χ1n) is 5.11. The Kier molecular flexibility index (Phi) is 3.43. The normalized spacial score (nSPS) is 28.6. The quantitative estimate of drug-likeness (QED) is 0.740. The Morgan fingerprint density at radius 2 is 2.14 bits per heavy atom. The van der Waals surface area contributed by atoms with E-state index in [0.717, 1.165) is 25.9 Å². The molecule has 2 N–H and O–H groups in total. The highest BCUT2D eigenvalue weighted by atomic mass is 35.5. The van der Waals surface area contributed by atoms with Crippen molar-refractivity contribution in [3.05, 3.63) is 0 Å². The second-order valence-corrected chi connectivity index (χ2v) is 4.94. The lowest BCUT2D eigenvalue weighted by Crippen LogP contribution is -2.63. The number of hydrogen-bond donors (Lipinski definition) is 2. The Bertz CT molecular complexity index is 226. The largest absolute Gasteiger partial charge is 0.354 e. The van der Waals surface area contributed by atoms with Crippen LogP contribution in [-0.4, -0.2) is 25.0 Å². The first kappa shape index (κ1) is 11.8. The lowest BCUT2D eigenvalue weighted by Gasteiger charge is -2.45. The van der Waals surface area contributed by atoms with Crippen LogP contribution in [0.5, 0.6) is 0 Å². The zero-order chi connectivity index (χ0) is 9.47. The summed E-state index contributed by atoms with van der Waals surface area (Å²) in [7, 11) is 0. The standard InChI is InChI=1S/C10H18N2O.ClH/c1-10(2)6-12-8(10)5-11-9(13)7-3-4-7;/h7-8,12H,3-6H2,1-2H3,(H,11,13);1H. The second-order valence-electron chi connectivity index (χ2n) is 4.94. The van der Waals surface area contributed by atoms with E-state index in [1.165, 1.54) is 0 Å². The van der Waals surface area contributed by atoms with Gasteiger partial charge in [-0.3, -0.25) is 4.79 Å². The summed E-state index contributed by atoms with van der Waals surface area (Å²) in [6.45, 7) is 6.33. The van der Waals surface area contributed by atoms with E-state index in [1.54, 1.807) is 0 Å². The van der Waals surface area contributed by atoms with Crippen molar-refractivity contribution < 1.29 is 4.79 Å². The number of carbonyl (C=O) groups excluding carboxylic acids is 1. The molecule has 0 aromatic carbocycles. The minimum absolute atomic E-state index is 0. The first-order valence-corrected chi connectivity index (χ1v) is 5.11. The monoisotopic (exact) mass is 218 g/mol. The smallest absolute Gasteiger partial charge is 0.223 e. The van der Waals surface area contributed by atoms with Gasteiger partial charge in [0.25, 0.3) is 0 Å². The Hall–Kier alpha value is -0.280. The number of amides is 1. The molecule has 1 unspecified atom stereocenters. The topological polar surface area (TPSA) is 41.1 Å². The summed E-state index contributed by atoms with van der Waals surface area (Å²) in [4.78, 5) is 11.3. The summed E-state index contributed by atoms with van der Waals surface area (Å²) in [6.07, 6.45) is 2.18. The molecule has 2 fully saturated rings. The van der Waals surface area contributed by atoms with Gasteiger partial charge >= 0.3 is 0 Å². The maximum Gasteiger partial charge on any atom is 0.223 e. The SMILES string of the molecule is CC1(C)CNC1CNC(=O)C1CC1.Cl. The highest BCUT2D eigenvalue weighted by Crippen LogP contribution is 2.30. The molecule has 2 rings (SSSR count). The van der Waals surface area contributed by atoms with Crippen LogP contribution in [0.15, 0.2) is 0 Å². The predicted octanol–water partition coefficient (Wildman–Crippen LogP) is 0.932. The second kappa shape index (κ2) is 4.07. The van der Waals surface area contributed by atoms with Gasteiger partial charge in [0.15, 0.2) is 0 Å². The van der Waals surface area contributed by atoms with Gasteiger partial charge in [0.05, 0.1) is 0 Å². The lowest BCUT2D eigenvalue weighted by atomic mass is 9.77. The lowest BCUT2D eigenvalue weighted by molar-refractivity contribution is -0.122. The van der Waals surface area contributed by atoms with E-state index in [2.05, 4.69) is 24.5 Å². The van der Waals surface area contributed by atoms with Gasteiger partial charge in [-0.25, -0.2) is 0 Å². The van der Waals surface area contributed by atoms with E-state index in [9.17, 15) is 4.79 Å². The highest BCUT2D eigenvalue weighted by Gasteiger charge is 2.38. The predicted molar refractivity (Wildman–Crippen MR) is 58.6 cm³/mol. The van der Waals surface area contributed by atoms with Crippen LogP contribution in [0.2, 0.25) is 0 Å². The van der Waals surface area contributed by atoms with Crippen molar-refractivity contribution >= 4 is 18.3 Å². The Balaban J connectivity index is 0.000000980. The van der Waals surface area contributed by atoms with E-state index in [-0.39, 0.29) is 18.3 Å². The van der Waals surface area contributed by atoms with Crippen molar-refractivity contribution in [3.63, 3.8) is 0 Å². The Morgan fingerprint density at radius 1 is 1.50 bits per heavy atom. The average Bonchev–Trinajstić information content (AvgIpc) is 2.84. The molecule has 1 aliphatic carbocycles. The molecule has 1 atom stereocenters. The maximum atomic E-state index is 11.3. The third-order valence-corrected chi connectivity index (χ3v) is 3.18. The zero-order valence-electron chi connectivity index (χ0n) is 8.80. The Labute approximate surface area is 91.4 Å². The van der Waals surface area contributed by atoms with E-state index < -0.39 is 0 Å². The summed E-state index contributed by atoms with van der Waals surface area (Å²) < 4.78 is 0. The summed E-state index contributed by atoms with van der Waals surface area (Å²) in [5.41, 5.74) is 0.358. The molecule has 1 heterocycles. The van der Waals surface area contributed by atoms with Crippen molar-refractivity contribution in [2.24, 2.45) is 11.3 Å². The minimum Gasteiger partial charge on any atom is -0.354 e. The van der Waals surface area contributed by atoms with Crippen molar-refractivity contribution in [1.29, 1.82) is 0 Å². The fourth-order valence-corrected chi connectivity index (χ4v) is 1.70. The van der Waals surface area contributed by atoms with Crippen molar-refractivity contribution in [2.75, 3.05) is 13.1 Å². The van der Waals surface area contributed by atoms with Gasteiger partial charge in [0, 0.05) is 25.0 Å². The molecule has 0 aromatic heterocycles. The molecule has 82 valence electrons. The molecular weight excluding hydrogens is 200 g/mol. The summed E-state index contributed by atoms with van der Waals surface area (Å²) >= 11 is 0. The van der Waals surface area contributed by atoms with Crippen LogP contribution in [0, 0.1) is 11.3 Å². The number of halogens is 1. The summed E-state index contributed by atoms with van der Waals surface area (Å²) in [5.74, 6) is 0.590. The first-order chi connectivity index (χ1) is 6.09. The van der Waals surface area contributed by atoms with Crippen LogP contribution in [-0.2, 0) is 4.79 Å². The summed E-state index contributed by atoms with van der Waals surface area (Å²) in [5, 5.41) is 6.34. The molecule has 1 saturated carbocycles. The van der Waals surface area contributed by atoms with E-state index in [4.69, 9.17) is 0 Å². The molecule has 0 spiro atoms. The molecule has 4 heteroatoms. The van der Waals surface area contributed by atoms with Crippen LogP contribution < -0.4 is 10.6 Å². The molecule has 0 radical (unpaired) electrons. The van der Waals surface area contributed by atoms with Gasteiger partial charge in [0.2, 0.25) is 5.91 Å². The van der Waals surface area contributed by atoms with Crippen molar-refractivity contribution in [2.45, 2.75) is 32.7 Å². The van der Waals surface area contributed by atoms with Gasteiger partial charge in [-0.1, -0.05) is 13.8 Å². The average molecular weight is 219 g/mol.